The standard InChI is InChI=1S/C16H19BBrFN6O4.C2H6/c18-12-9-11(1-2-13(12)19)21-16(22-28)14-15(24-29-23-14)20-5-8-25-6-3-10(4-7-25)17(26)27;1-2/h1-3,9,26-28H,4-8H2,(H,20,24)(H,21,22);1-2H3. The minimum atomic E-state index is -1.40. The number of benzene rings is 1. The van der Waals surface area contributed by atoms with E-state index in [9.17, 15) is 19.6 Å². The summed E-state index contributed by atoms with van der Waals surface area (Å²) < 4.78 is 18.4. The van der Waals surface area contributed by atoms with Crippen LogP contribution < -0.4 is 10.8 Å². The molecular formula is C18H25BBrFN6O4. The molecule has 1 aliphatic rings. The molecule has 0 fully saturated rings. The van der Waals surface area contributed by atoms with Gasteiger partial charge in [-0.25, -0.2) is 14.0 Å². The number of nitrogens with one attached hydrogen (secondary N) is 2. The molecule has 13 heteroatoms. The van der Waals surface area contributed by atoms with Crippen molar-refractivity contribution in [3.8, 4) is 0 Å². The van der Waals surface area contributed by atoms with Crippen molar-refractivity contribution >= 4 is 40.4 Å². The Morgan fingerprint density at radius 2 is 2.13 bits per heavy atom. The molecule has 0 bridgehead atoms. The number of hydrogen-bond acceptors (Lipinski definition) is 9. The van der Waals surface area contributed by atoms with E-state index < -0.39 is 12.9 Å². The first-order valence-corrected chi connectivity index (χ1v) is 10.5. The van der Waals surface area contributed by atoms with Gasteiger partial charge in [-0.1, -0.05) is 19.9 Å². The van der Waals surface area contributed by atoms with Gasteiger partial charge in [0.25, 0.3) is 0 Å². The predicted octanol–water partition coefficient (Wildman–Crippen LogP) is 2.11. The number of halogens is 2. The zero-order valence-electron chi connectivity index (χ0n) is 17.2. The largest absolute Gasteiger partial charge is 0.483 e. The molecule has 5 N–H and O–H groups in total. The molecule has 3 rings (SSSR count). The van der Waals surface area contributed by atoms with Crippen molar-refractivity contribution in [3.63, 3.8) is 0 Å². The number of amidine groups is 1. The third kappa shape index (κ3) is 7.11. The van der Waals surface area contributed by atoms with Crippen LogP contribution in [0.15, 0.2) is 43.8 Å². The van der Waals surface area contributed by atoms with Crippen molar-refractivity contribution in [1.29, 1.82) is 0 Å². The Morgan fingerprint density at radius 1 is 1.35 bits per heavy atom. The van der Waals surface area contributed by atoms with Crippen LogP contribution in [0.5, 0.6) is 0 Å². The Hall–Kier alpha value is -2.32. The van der Waals surface area contributed by atoms with E-state index in [1.54, 1.807) is 6.08 Å². The van der Waals surface area contributed by atoms with Crippen LogP contribution in [0.25, 0.3) is 0 Å². The summed E-state index contributed by atoms with van der Waals surface area (Å²) in [6, 6.07) is 4.14. The number of nitrogens with zero attached hydrogens (tertiary/aromatic N) is 4. The minimum absolute atomic E-state index is 0.0188. The molecule has 1 aliphatic heterocycles. The second-order valence-electron chi connectivity index (χ2n) is 6.26. The van der Waals surface area contributed by atoms with Gasteiger partial charge in [0.2, 0.25) is 5.82 Å². The molecule has 0 atom stereocenters. The van der Waals surface area contributed by atoms with Crippen LogP contribution in [0.2, 0.25) is 0 Å². The van der Waals surface area contributed by atoms with E-state index in [4.69, 9.17) is 4.63 Å². The first-order valence-electron chi connectivity index (χ1n) is 9.76. The maximum absolute atomic E-state index is 13.4. The van der Waals surface area contributed by atoms with Crippen molar-refractivity contribution in [2.75, 3.05) is 31.5 Å². The molecule has 0 radical (unpaired) electrons. The van der Waals surface area contributed by atoms with Gasteiger partial charge < -0.3 is 15.4 Å². The van der Waals surface area contributed by atoms with E-state index in [-0.39, 0.29) is 21.8 Å². The summed E-state index contributed by atoms with van der Waals surface area (Å²) in [5, 5.41) is 38.4. The SMILES string of the molecule is CC.ONC(=Nc1ccc(F)c(Br)c1)c1nonc1NCCN1CC=C(B(O)O)CC1. The highest BCUT2D eigenvalue weighted by molar-refractivity contribution is 9.10. The Balaban J connectivity index is 0.00000166. The lowest BCUT2D eigenvalue weighted by atomic mass is 9.76. The molecule has 1 aromatic heterocycles. The van der Waals surface area contributed by atoms with Crippen LogP contribution >= 0.6 is 15.9 Å². The highest BCUT2D eigenvalue weighted by atomic mass is 79.9. The second kappa shape index (κ2) is 12.5. The number of aromatic nitrogens is 2. The van der Waals surface area contributed by atoms with Gasteiger partial charge in [-0.05, 0) is 56.3 Å². The van der Waals surface area contributed by atoms with Crippen LogP contribution in [0, 0.1) is 5.82 Å². The van der Waals surface area contributed by atoms with E-state index in [0.29, 0.717) is 43.8 Å². The van der Waals surface area contributed by atoms with E-state index in [0.717, 1.165) is 0 Å². The van der Waals surface area contributed by atoms with Gasteiger partial charge in [0.05, 0.1) is 10.2 Å². The molecule has 0 unspecified atom stereocenters. The van der Waals surface area contributed by atoms with Gasteiger partial charge in [0.1, 0.15) is 5.82 Å². The fourth-order valence-corrected chi connectivity index (χ4v) is 3.14. The summed E-state index contributed by atoms with van der Waals surface area (Å²) in [6.45, 7) is 6.50. The van der Waals surface area contributed by atoms with Crippen molar-refractivity contribution in [3.05, 3.63) is 45.7 Å². The van der Waals surface area contributed by atoms with Gasteiger partial charge in [-0.3, -0.25) is 15.6 Å². The molecule has 10 nitrogen and oxygen atoms in total. The molecule has 0 spiro atoms. The van der Waals surface area contributed by atoms with Crippen LogP contribution in [-0.4, -0.2) is 69.6 Å². The third-order valence-corrected chi connectivity index (χ3v) is 4.95. The number of anilines is 1. The fourth-order valence-electron chi connectivity index (χ4n) is 2.77. The van der Waals surface area contributed by atoms with Gasteiger partial charge in [0, 0.05) is 26.2 Å². The second-order valence-corrected chi connectivity index (χ2v) is 7.12. The summed E-state index contributed by atoms with van der Waals surface area (Å²) in [7, 11) is -1.40. The van der Waals surface area contributed by atoms with Crippen LogP contribution in [-0.2, 0) is 0 Å². The highest BCUT2D eigenvalue weighted by Gasteiger charge is 2.20. The summed E-state index contributed by atoms with van der Waals surface area (Å²) in [4.78, 5) is 6.32. The zero-order chi connectivity index (χ0) is 22.8. The topological polar surface area (TPSA) is 139 Å². The normalized spacial score (nSPS) is 14.4. The molecule has 0 saturated carbocycles. The molecule has 168 valence electrons. The minimum Gasteiger partial charge on any atom is -0.423 e. The van der Waals surface area contributed by atoms with E-state index in [1.165, 1.54) is 18.2 Å². The maximum Gasteiger partial charge on any atom is 0.483 e. The zero-order valence-corrected chi connectivity index (χ0v) is 18.8. The molecule has 0 amide bonds. The van der Waals surface area contributed by atoms with Gasteiger partial charge in [-0.15, -0.1) is 0 Å². The average molecular weight is 499 g/mol. The Kier molecular flexibility index (Phi) is 10.1. The van der Waals surface area contributed by atoms with Crippen LogP contribution in [0.4, 0.5) is 15.9 Å². The average Bonchev–Trinajstić information content (AvgIpc) is 3.24. The van der Waals surface area contributed by atoms with Crippen molar-refractivity contribution < 1.29 is 24.3 Å². The van der Waals surface area contributed by atoms with Gasteiger partial charge >= 0.3 is 7.12 Å². The number of rotatable bonds is 7. The lowest BCUT2D eigenvalue weighted by Crippen LogP contribution is -2.35. The van der Waals surface area contributed by atoms with Crippen molar-refractivity contribution in [2.45, 2.75) is 20.3 Å². The molecule has 2 aromatic rings. The smallest absolute Gasteiger partial charge is 0.423 e. The van der Waals surface area contributed by atoms with Crippen molar-refractivity contribution in [1.82, 2.24) is 20.7 Å². The van der Waals surface area contributed by atoms with E-state index >= 15 is 0 Å². The summed E-state index contributed by atoms with van der Waals surface area (Å²) in [5.41, 5.74) is 3.12. The maximum atomic E-state index is 13.4. The fraction of sp³-hybridized carbons (Fsp3) is 0.389. The molecule has 0 aliphatic carbocycles. The van der Waals surface area contributed by atoms with Crippen LogP contribution in [0.1, 0.15) is 26.0 Å². The quantitative estimate of drug-likeness (QED) is 0.168. The summed E-state index contributed by atoms with van der Waals surface area (Å²) in [5.74, 6) is -0.165. The van der Waals surface area contributed by atoms with Gasteiger partial charge in [-0.2, -0.15) is 0 Å². The lowest BCUT2D eigenvalue weighted by molar-refractivity contribution is 0.234. The Bertz CT molecular complexity index is 911. The Labute approximate surface area is 188 Å². The number of hydroxylamine groups is 1. The predicted molar refractivity (Wildman–Crippen MR) is 119 cm³/mol. The number of hydrogen-bond donors (Lipinski definition) is 5. The van der Waals surface area contributed by atoms with Gasteiger partial charge in [0.15, 0.2) is 11.5 Å². The summed E-state index contributed by atoms with van der Waals surface area (Å²) in [6.07, 6.45) is 2.39. The lowest BCUT2D eigenvalue weighted by Gasteiger charge is -2.26. The first kappa shape index (κ1) is 24.9. The molecule has 2 heterocycles. The van der Waals surface area contributed by atoms with E-state index in [2.05, 4.69) is 41.5 Å². The van der Waals surface area contributed by atoms with E-state index in [1.807, 2.05) is 19.3 Å². The van der Waals surface area contributed by atoms with Crippen molar-refractivity contribution in [2.24, 2.45) is 4.99 Å². The monoisotopic (exact) mass is 498 g/mol. The summed E-state index contributed by atoms with van der Waals surface area (Å²) >= 11 is 3.08. The molecule has 0 saturated heterocycles. The highest BCUT2D eigenvalue weighted by Crippen LogP contribution is 2.23. The Morgan fingerprint density at radius 3 is 2.74 bits per heavy atom. The third-order valence-electron chi connectivity index (χ3n) is 4.34. The first-order chi connectivity index (χ1) is 15.0. The molecule has 1 aromatic carbocycles. The van der Waals surface area contributed by atoms with Crippen LogP contribution in [0.3, 0.4) is 0 Å². The molecule has 31 heavy (non-hydrogen) atoms. The molecular weight excluding hydrogens is 474 g/mol. The number of aliphatic imine (C=N–C) groups is 1.